The van der Waals surface area contributed by atoms with Crippen LogP contribution in [0.25, 0.3) is 0 Å². The molecule has 23 heavy (non-hydrogen) atoms. The molecule has 0 saturated heterocycles. The summed E-state index contributed by atoms with van der Waals surface area (Å²) in [7, 11) is 0. The first-order valence-corrected chi connectivity index (χ1v) is 6.54. The molecule has 0 saturated carbocycles. The van der Waals surface area contributed by atoms with Gasteiger partial charge in [0.05, 0.1) is 9.85 Å². The molecule has 1 aromatic heterocycles. The smallest absolute Gasteiger partial charge is 0.305 e. The van der Waals surface area contributed by atoms with E-state index in [1.54, 1.807) is 18.2 Å². The summed E-state index contributed by atoms with van der Waals surface area (Å²) in [5.41, 5.74) is 0.326. The van der Waals surface area contributed by atoms with Crippen LogP contribution in [-0.2, 0) is 6.42 Å². The van der Waals surface area contributed by atoms with Crippen LogP contribution >= 0.6 is 0 Å². The van der Waals surface area contributed by atoms with E-state index in [4.69, 9.17) is 5.26 Å². The Hall–Kier alpha value is -3.54. The van der Waals surface area contributed by atoms with E-state index in [9.17, 15) is 20.2 Å². The van der Waals surface area contributed by atoms with Gasteiger partial charge in [-0.3, -0.25) is 20.2 Å². The van der Waals surface area contributed by atoms with Crippen molar-refractivity contribution < 1.29 is 9.85 Å². The zero-order valence-corrected chi connectivity index (χ0v) is 11.8. The molecule has 0 spiro atoms. The maximum absolute atomic E-state index is 10.7. The first kappa shape index (κ1) is 15.8. The summed E-state index contributed by atoms with van der Waals surface area (Å²) >= 11 is 0. The summed E-state index contributed by atoms with van der Waals surface area (Å²) in [4.78, 5) is 24.0. The predicted octanol–water partition coefficient (Wildman–Crippen LogP) is 2.42. The van der Waals surface area contributed by atoms with Crippen molar-refractivity contribution >= 4 is 17.2 Å². The molecule has 0 fully saturated rings. The van der Waals surface area contributed by atoms with Crippen LogP contribution in [-0.4, -0.2) is 21.4 Å². The number of pyridine rings is 1. The molecule has 0 atom stereocenters. The van der Waals surface area contributed by atoms with Gasteiger partial charge >= 0.3 is 5.69 Å². The molecule has 0 aliphatic carbocycles. The van der Waals surface area contributed by atoms with Crippen molar-refractivity contribution in [1.82, 2.24) is 4.98 Å². The highest BCUT2D eigenvalue weighted by Crippen LogP contribution is 2.18. The number of nitro groups is 2. The van der Waals surface area contributed by atoms with Crippen LogP contribution in [0, 0.1) is 31.6 Å². The molecule has 2 aromatic rings. The Balaban J connectivity index is 1.97. The normalized spacial score (nSPS) is 9.87. The highest BCUT2D eigenvalue weighted by atomic mass is 16.6. The summed E-state index contributed by atoms with van der Waals surface area (Å²) in [6.07, 6.45) is 0.582. The molecule has 0 aliphatic rings. The maximum Gasteiger partial charge on any atom is 0.305 e. The summed E-state index contributed by atoms with van der Waals surface area (Å²) in [5.74, 6) is 0.356. The van der Waals surface area contributed by atoms with Crippen LogP contribution in [0.3, 0.4) is 0 Å². The van der Waals surface area contributed by atoms with E-state index in [0.717, 1.165) is 5.56 Å². The number of hydrogen-bond acceptors (Lipinski definition) is 7. The van der Waals surface area contributed by atoms with E-state index < -0.39 is 9.85 Å². The van der Waals surface area contributed by atoms with Crippen LogP contribution in [0.4, 0.5) is 17.2 Å². The Labute approximate surface area is 130 Å². The molecular weight excluding hydrogens is 302 g/mol. The van der Waals surface area contributed by atoms with Gasteiger partial charge in [-0.05, 0) is 18.1 Å². The largest absolute Gasteiger partial charge is 0.370 e. The minimum absolute atomic E-state index is 0.0254. The van der Waals surface area contributed by atoms with Crippen molar-refractivity contribution in [1.29, 1.82) is 5.26 Å². The van der Waals surface area contributed by atoms with Crippen LogP contribution in [0.5, 0.6) is 0 Å². The minimum atomic E-state index is -0.661. The predicted molar refractivity (Wildman–Crippen MR) is 80.9 cm³/mol. The fraction of sp³-hybridized carbons (Fsp3) is 0.143. The van der Waals surface area contributed by atoms with Crippen LogP contribution in [0.2, 0.25) is 0 Å². The van der Waals surface area contributed by atoms with Gasteiger partial charge in [-0.25, -0.2) is 4.98 Å². The van der Waals surface area contributed by atoms with Crippen molar-refractivity contribution in [3.63, 3.8) is 0 Å². The van der Waals surface area contributed by atoms with Gasteiger partial charge in [-0.15, -0.1) is 0 Å². The molecule has 0 radical (unpaired) electrons. The molecule has 9 nitrogen and oxygen atoms in total. The molecular formula is C14H11N5O4. The first-order valence-electron chi connectivity index (χ1n) is 6.54. The zero-order valence-electron chi connectivity index (χ0n) is 11.8. The average Bonchev–Trinajstić information content (AvgIpc) is 2.55. The number of aromatic nitrogens is 1. The van der Waals surface area contributed by atoms with Gasteiger partial charge in [-0.1, -0.05) is 12.1 Å². The Morgan fingerprint density at radius 3 is 2.35 bits per heavy atom. The zero-order chi connectivity index (χ0) is 16.8. The van der Waals surface area contributed by atoms with Gasteiger partial charge in [0.2, 0.25) is 5.69 Å². The van der Waals surface area contributed by atoms with Crippen LogP contribution < -0.4 is 5.32 Å². The third kappa shape index (κ3) is 3.98. The number of hydrogen-bond donors (Lipinski definition) is 1. The second-order valence-electron chi connectivity index (χ2n) is 4.53. The second kappa shape index (κ2) is 6.95. The molecule has 1 aromatic carbocycles. The van der Waals surface area contributed by atoms with E-state index in [1.807, 2.05) is 0 Å². The molecule has 9 heteroatoms. The average molecular weight is 313 g/mol. The molecule has 0 aliphatic heterocycles. The van der Waals surface area contributed by atoms with E-state index in [-0.39, 0.29) is 17.1 Å². The van der Waals surface area contributed by atoms with E-state index in [2.05, 4.69) is 10.3 Å². The Morgan fingerprint density at radius 1 is 1.09 bits per heavy atom. The Bertz CT molecular complexity index is 783. The minimum Gasteiger partial charge on any atom is -0.370 e. The number of rotatable bonds is 6. The number of non-ortho nitro benzene ring substituents is 1. The molecule has 116 valence electrons. The number of anilines is 1. The Kier molecular flexibility index (Phi) is 4.79. The van der Waals surface area contributed by atoms with E-state index in [0.29, 0.717) is 18.8 Å². The summed E-state index contributed by atoms with van der Waals surface area (Å²) < 4.78 is 0. The lowest BCUT2D eigenvalue weighted by Crippen LogP contribution is -2.07. The molecule has 0 amide bonds. The van der Waals surface area contributed by atoms with E-state index in [1.165, 1.54) is 24.3 Å². The van der Waals surface area contributed by atoms with Crippen molar-refractivity contribution in [2.24, 2.45) is 0 Å². The van der Waals surface area contributed by atoms with Gasteiger partial charge in [0.15, 0.2) is 0 Å². The summed E-state index contributed by atoms with van der Waals surface area (Å²) in [6.45, 7) is 0.466. The Morgan fingerprint density at radius 2 is 1.78 bits per heavy atom. The standard InChI is InChI=1S/C14H11N5O4/c15-9-12-13(19(22)23)5-6-14(17-12)16-8-7-10-1-3-11(4-2-10)18(20)21/h1-6H,7-8H2,(H,16,17). The maximum atomic E-state index is 10.7. The molecule has 2 rings (SSSR count). The van der Waals surface area contributed by atoms with E-state index >= 15 is 0 Å². The number of nitro benzene ring substituents is 1. The third-order valence-electron chi connectivity index (χ3n) is 3.04. The van der Waals surface area contributed by atoms with Crippen molar-refractivity contribution in [3.05, 3.63) is 67.9 Å². The van der Waals surface area contributed by atoms with Crippen LogP contribution in [0.15, 0.2) is 36.4 Å². The monoisotopic (exact) mass is 313 g/mol. The highest BCUT2D eigenvalue weighted by Gasteiger charge is 2.15. The second-order valence-corrected chi connectivity index (χ2v) is 4.53. The quantitative estimate of drug-likeness (QED) is 0.638. The van der Waals surface area contributed by atoms with Crippen molar-refractivity contribution in [3.8, 4) is 6.07 Å². The van der Waals surface area contributed by atoms with Gasteiger partial charge in [0, 0.05) is 24.7 Å². The lowest BCUT2D eigenvalue weighted by atomic mass is 10.1. The molecule has 0 unspecified atom stereocenters. The van der Waals surface area contributed by atoms with Crippen molar-refractivity contribution in [2.45, 2.75) is 6.42 Å². The third-order valence-corrected chi connectivity index (χ3v) is 3.04. The SMILES string of the molecule is N#Cc1nc(NCCc2ccc([N+](=O)[O-])cc2)ccc1[N+](=O)[O-]. The number of benzene rings is 1. The topological polar surface area (TPSA) is 135 Å². The summed E-state index contributed by atoms with van der Waals surface area (Å²) in [6, 6.07) is 10.5. The molecule has 0 bridgehead atoms. The lowest BCUT2D eigenvalue weighted by molar-refractivity contribution is -0.385. The number of nitrogens with zero attached hydrogens (tertiary/aromatic N) is 4. The number of nitriles is 1. The number of nitrogens with one attached hydrogen (secondary N) is 1. The molecule has 1 heterocycles. The first-order chi connectivity index (χ1) is 11.0. The van der Waals surface area contributed by atoms with Crippen molar-refractivity contribution in [2.75, 3.05) is 11.9 Å². The fourth-order valence-corrected chi connectivity index (χ4v) is 1.90. The fourth-order valence-electron chi connectivity index (χ4n) is 1.90. The molecule has 1 N–H and O–H groups in total. The van der Waals surface area contributed by atoms with Gasteiger partial charge in [-0.2, -0.15) is 5.26 Å². The lowest BCUT2D eigenvalue weighted by Gasteiger charge is -2.06. The highest BCUT2D eigenvalue weighted by molar-refractivity contribution is 5.50. The van der Waals surface area contributed by atoms with Crippen LogP contribution in [0.1, 0.15) is 11.3 Å². The van der Waals surface area contributed by atoms with Gasteiger partial charge in [0.1, 0.15) is 11.9 Å². The van der Waals surface area contributed by atoms with Gasteiger partial charge in [0.25, 0.3) is 5.69 Å². The summed E-state index contributed by atoms with van der Waals surface area (Å²) in [5, 5.41) is 33.1. The van der Waals surface area contributed by atoms with Gasteiger partial charge < -0.3 is 5.32 Å².